The van der Waals surface area contributed by atoms with E-state index in [2.05, 4.69) is 4.72 Å². The lowest BCUT2D eigenvalue weighted by atomic mass is 10.2. The van der Waals surface area contributed by atoms with Crippen LogP contribution in [0.2, 0.25) is 0 Å². The van der Waals surface area contributed by atoms with Crippen LogP contribution in [0, 0.1) is 5.92 Å². The van der Waals surface area contributed by atoms with Crippen molar-refractivity contribution >= 4 is 16.0 Å². The molecule has 7 nitrogen and oxygen atoms in total. The van der Waals surface area contributed by atoms with Crippen LogP contribution in [0.4, 0.5) is 0 Å². The molecule has 8 heteroatoms. The molecule has 0 radical (unpaired) electrons. The van der Waals surface area contributed by atoms with Crippen molar-refractivity contribution < 1.29 is 22.4 Å². The average molecular weight is 302 g/mol. The summed E-state index contributed by atoms with van der Waals surface area (Å²) in [7, 11) is -3.79. The maximum absolute atomic E-state index is 12.0. The number of carbonyl (C=O) groups excluding carboxylic acids is 1. The van der Waals surface area contributed by atoms with E-state index in [1.165, 1.54) is 12.1 Å². The zero-order valence-corrected chi connectivity index (χ0v) is 12.0. The van der Waals surface area contributed by atoms with Crippen LogP contribution in [-0.4, -0.2) is 33.6 Å². The van der Waals surface area contributed by atoms with Gasteiger partial charge in [0.1, 0.15) is 0 Å². The van der Waals surface area contributed by atoms with Gasteiger partial charge in [-0.3, -0.25) is 0 Å². The van der Waals surface area contributed by atoms with Crippen LogP contribution in [0.5, 0.6) is 0 Å². The normalized spacial score (nSPS) is 16.9. The topological polar surface area (TPSA) is 112 Å². The van der Waals surface area contributed by atoms with Gasteiger partial charge in [-0.15, -0.1) is 0 Å². The minimum absolute atomic E-state index is 0.140. The third kappa shape index (κ3) is 3.59. The first kappa shape index (κ1) is 15.0. The van der Waals surface area contributed by atoms with Crippen molar-refractivity contribution in [2.24, 2.45) is 11.7 Å². The number of furan rings is 1. The third-order valence-corrected chi connectivity index (χ3v) is 4.36. The van der Waals surface area contributed by atoms with Crippen molar-refractivity contribution in [1.29, 1.82) is 0 Å². The second-order valence-electron chi connectivity index (χ2n) is 4.69. The van der Waals surface area contributed by atoms with E-state index in [-0.39, 0.29) is 30.0 Å². The highest BCUT2D eigenvalue weighted by Crippen LogP contribution is 2.31. The predicted molar refractivity (Wildman–Crippen MR) is 70.6 cm³/mol. The van der Waals surface area contributed by atoms with E-state index in [1.807, 2.05) is 0 Å². The van der Waals surface area contributed by atoms with Gasteiger partial charge in [0.25, 0.3) is 10.0 Å². The van der Waals surface area contributed by atoms with Gasteiger partial charge in [0.05, 0.1) is 6.61 Å². The maximum Gasteiger partial charge on any atom is 0.374 e. The molecule has 1 fully saturated rings. The lowest BCUT2D eigenvalue weighted by molar-refractivity contribution is 0.0484. The maximum atomic E-state index is 12.0. The summed E-state index contributed by atoms with van der Waals surface area (Å²) in [5.74, 6) is -0.438. The van der Waals surface area contributed by atoms with E-state index >= 15 is 0 Å². The molecule has 0 saturated heterocycles. The van der Waals surface area contributed by atoms with Crippen molar-refractivity contribution in [3.8, 4) is 0 Å². The molecule has 0 spiro atoms. The van der Waals surface area contributed by atoms with Gasteiger partial charge in [0.2, 0.25) is 10.9 Å². The molecule has 1 aliphatic rings. The number of hydrogen-bond acceptors (Lipinski definition) is 6. The van der Waals surface area contributed by atoms with E-state index in [0.717, 1.165) is 12.8 Å². The second kappa shape index (κ2) is 5.94. The summed E-state index contributed by atoms with van der Waals surface area (Å²) in [6.45, 7) is 2.00. The molecule has 0 bridgehead atoms. The highest BCUT2D eigenvalue weighted by atomic mass is 32.2. The Labute approximate surface area is 117 Å². The monoisotopic (exact) mass is 302 g/mol. The van der Waals surface area contributed by atoms with Gasteiger partial charge in [0, 0.05) is 12.6 Å². The minimum Gasteiger partial charge on any atom is -0.460 e. The first-order valence-corrected chi connectivity index (χ1v) is 7.94. The molecule has 112 valence electrons. The molecule has 2 rings (SSSR count). The van der Waals surface area contributed by atoms with Crippen LogP contribution < -0.4 is 10.5 Å². The molecule has 1 aliphatic carbocycles. The number of esters is 1. The lowest BCUT2D eigenvalue weighted by Crippen LogP contribution is -2.38. The van der Waals surface area contributed by atoms with E-state index in [9.17, 15) is 13.2 Å². The third-order valence-electron chi connectivity index (χ3n) is 3.06. The standard InChI is InChI=1S/C12H18N2O5S/c1-2-18-12(15)10-5-6-11(19-10)20(16,17)14-7-9(13)8-3-4-8/h5-6,8-9,14H,2-4,7,13H2,1H3. The van der Waals surface area contributed by atoms with Crippen LogP contribution in [0.25, 0.3) is 0 Å². The fourth-order valence-corrected chi connectivity index (χ4v) is 2.75. The van der Waals surface area contributed by atoms with E-state index in [1.54, 1.807) is 6.92 Å². The Morgan fingerprint density at radius 3 is 2.85 bits per heavy atom. The van der Waals surface area contributed by atoms with Gasteiger partial charge in [-0.25, -0.2) is 17.9 Å². The largest absolute Gasteiger partial charge is 0.460 e. The van der Waals surface area contributed by atoms with Crippen LogP contribution >= 0.6 is 0 Å². The molecule has 20 heavy (non-hydrogen) atoms. The molecule has 0 aliphatic heterocycles. The molecule has 3 N–H and O–H groups in total. The van der Waals surface area contributed by atoms with Crippen molar-refractivity contribution in [3.05, 3.63) is 17.9 Å². The van der Waals surface area contributed by atoms with E-state index in [0.29, 0.717) is 5.92 Å². The quantitative estimate of drug-likeness (QED) is 0.708. The Morgan fingerprint density at radius 1 is 1.55 bits per heavy atom. The summed E-state index contributed by atoms with van der Waals surface area (Å²) in [4.78, 5) is 11.4. The Hall–Kier alpha value is -1.38. The lowest BCUT2D eigenvalue weighted by Gasteiger charge is -2.10. The molecule has 1 unspecified atom stereocenters. The van der Waals surface area contributed by atoms with Crippen molar-refractivity contribution in [3.63, 3.8) is 0 Å². The SMILES string of the molecule is CCOC(=O)c1ccc(S(=O)(=O)NCC(N)C2CC2)o1. The van der Waals surface area contributed by atoms with Crippen LogP contribution in [0.3, 0.4) is 0 Å². The van der Waals surface area contributed by atoms with Crippen LogP contribution in [-0.2, 0) is 14.8 Å². The average Bonchev–Trinajstić information content (AvgIpc) is 3.12. The molecule has 1 aromatic rings. The minimum atomic E-state index is -3.79. The van der Waals surface area contributed by atoms with Gasteiger partial charge in [-0.1, -0.05) is 0 Å². The van der Waals surface area contributed by atoms with E-state index in [4.69, 9.17) is 14.9 Å². The summed E-state index contributed by atoms with van der Waals surface area (Å²) >= 11 is 0. The first-order chi connectivity index (χ1) is 9.44. The van der Waals surface area contributed by atoms with Crippen LogP contribution in [0.15, 0.2) is 21.6 Å². The number of rotatable bonds is 7. The van der Waals surface area contributed by atoms with Gasteiger partial charge >= 0.3 is 5.97 Å². The number of ether oxygens (including phenoxy) is 1. The van der Waals surface area contributed by atoms with Gasteiger partial charge in [0.15, 0.2) is 0 Å². The summed E-state index contributed by atoms with van der Waals surface area (Å²) in [5, 5.41) is -0.316. The first-order valence-electron chi connectivity index (χ1n) is 6.46. The molecule has 1 aromatic heterocycles. The molecule has 0 amide bonds. The number of hydrogen-bond donors (Lipinski definition) is 2. The van der Waals surface area contributed by atoms with Gasteiger partial charge in [-0.05, 0) is 37.8 Å². The highest BCUT2D eigenvalue weighted by Gasteiger charge is 2.30. The smallest absolute Gasteiger partial charge is 0.374 e. The van der Waals surface area contributed by atoms with Crippen molar-refractivity contribution in [2.75, 3.05) is 13.2 Å². The molecule has 1 heterocycles. The molecule has 0 aromatic carbocycles. The zero-order valence-electron chi connectivity index (χ0n) is 11.2. The fraction of sp³-hybridized carbons (Fsp3) is 0.583. The number of carbonyl (C=O) groups is 1. The highest BCUT2D eigenvalue weighted by molar-refractivity contribution is 7.89. The summed E-state index contributed by atoms with van der Waals surface area (Å²) in [6, 6.07) is 2.30. The molecular formula is C12H18N2O5S. The Balaban J connectivity index is 1.99. The van der Waals surface area contributed by atoms with Gasteiger partial charge in [-0.2, -0.15) is 0 Å². The molecular weight excluding hydrogens is 284 g/mol. The Bertz CT molecular complexity index is 576. The predicted octanol–water partition coefficient (Wildman–Crippen LogP) is 0.472. The number of nitrogens with two attached hydrogens (primary N) is 1. The molecule has 1 atom stereocenters. The van der Waals surface area contributed by atoms with Crippen LogP contribution in [0.1, 0.15) is 30.3 Å². The number of sulfonamides is 1. The van der Waals surface area contributed by atoms with Crippen molar-refractivity contribution in [2.45, 2.75) is 30.9 Å². The Kier molecular flexibility index (Phi) is 4.46. The Morgan fingerprint density at radius 2 is 2.25 bits per heavy atom. The molecule has 1 saturated carbocycles. The van der Waals surface area contributed by atoms with E-state index < -0.39 is 16.0 Å². The summed E-state index contributed by atoms with van der Waals surface area (Å²) in [6.07, 6.45) is 2.08. The van der Waals surface area contributed by atoms with Gasteiger partial charge < -0.3 is 14.9 Å². The van der Waals surface area contributed by atoms with Crippen molar-refractivity contribution in [1.82, 2.24) is 4.72 Å². The summed E-state index contributed by atoms with van der Waals surface area (Å²) in [5.41, 5.74) is 5.83. The second-order valence-corrected chi connectivity index (χ2v) is 6.39. The number of nitrogens with one attached hydrogen (secondary N) is 1. The fourth-order valence-electron chi connectivity index (χ4n) is 1.74. The zero-order chi connectivity index (χ0) is 14.8. The summed E-state index contributed by atoms with van der Waals surface area (Å²) < 4.78 is 36.0.